The standard InChI is InChI=1S/C19H18O6S/c1-13(20)24-19-17(25-26(21,22)23)12-16(14-8-4-2-5-9-14)18(19)15-10-6-3-7-11-15/h2-11,16-17H,12H2,1H3,(H,21,22,23). The molecule has 0 saturated carbocycles. The predicted molar refractivity (Wildman–Crippen MR) is 95.3 cm³/mol. The first kappa shape index (κ1) is 18.3. The Morgan fingerprint density at radius 1 is 1.04 bits per heavy atom. The van der Waals surface area contributed by atoms with Crippen LogP contribution in [0.3, 0.4) is 0 Å². The molecule has 0 spiro atoms. The molecule has 0 bridgehead atoms. The van der Waals surface area contributed by atoms with Gasteiger partial charge in [-0.15, -0.1) is 0 Å². The number of carbonyl (C=O) groups excluding carboxylic acids is 1. The third kappa shape index (κ3) is 4.19. The van der Waals surface area contributed by atoms with E-state index in [1.807, 2.05) is 60.7 Å². The molecule has 0 heterocycles. The van der Waals surface area contributed by atoms with Crippen molar-refractivity contribution in [2.45, 2.75) is 25.4 Å². The van der Waals surface area contributed by atoms with Gasteiger partial charge in [0.25, 0.3) is 0 Å². The van der Waals surface area contributed by atoms with Gasteiger partial charge < -0.3 is 4.74 Å². The summed E-state index contributed by atoms with van der Waals surface area (Å²) in [6.45, 7) is 1.23. The zero-order valence-corrected chi connectivity index (χ0v) is 14.8. The van der Waals surface area contributed by atoms with Crippen molar-refractivity contribution in [2.24, 2.45) is 0 Å². The van der Waals surface area contributed by atoms with Gasteiger partial charge in [0.05, 0.1) is 0 Å². The fourth-order valence-corrected chi connectivity index (χ4v) is 3.70. The molecule has 0 aliphatic heterocycles. The third-order valence-electron chi connectivity index (χ3n) is 4.13. The monoisotopic (exact) mass is 374 g/mol. The molecule has 3 rings (SSSR count). The molecule has 7 heteroatoms. The van der Waals surface area contributed by atoms with Gasteiger partial charge in [-0.1, -0.05) is 60.7 Å². The van der Waals surface area contributed by atoms with Gasteiger partial charge in [0.2, 0.25) is 0 Å². The van der Waals surface area contributed by atoms with Crippen LogP contribution < -0.4 is 0 Å². The first-order valence-electron chi connectivity index (χ1n) is 8.03. The molecule has 0 saturated heterocycles. The van der Waals surface area contributed by atoms with E-state index >= 15 is 0 Å². The minimum absolute atomic E-state index is 0.107. The summed E-state index contributed by atoms with van der Waals surface area (Å²) in [5.74, 6) is -0.735. The molecule has 0 aromatic heterocycles. The SMILES string of the molecule is CC(=O)OC1=C(c2ccccc2)C(c2ccccc2)CC1OS(=O)(=O)O. The van der Waals surface area contributed by atoms with Crippen LogP contribution in [0, 0.1) is 0 Å². The van der Waals surface area contributed by atoms with Crippen molar-refractivity contribution in [1.29, 1.82) is 0 Å². The molecule has 1 aliphatic rings. The van der Waals surface area contributed by atoms with Crippen molar-refractivity contribution in [3.05, 3.63) is 77.5 Å². The highest BCUT2D eigenvalue weighted by Gasteiger charge is 2.40. The van der Waals surface area contributed by atoms with Crippen LogP contribution >= 0.6 is 0 Å². The van der Waals surface area contributed by atoms with Crippen LogP contribution in [0.5, 0.6) is 0 Å². The van der Waals surface area contributed by atoms with E-state index < -0.39 is 22.5 Å². The predicted octanol–water partition coefficient (Wildman–Crippen LogP) is 3.34. The molecule has 6 nitrogen and oxygen atoms in total. The van der Waals surface area contributed by atoms with Gasteiger partial charge in [-0.2, -0.15) is 8.42 Å². The summed E-state index contributed by atoms with van der Waals surface area (Å²) in [5.41, 5.74) is 2.39. The normalized spacial score (nSPS) is 20.2. The van der Waals surface area contributed by atoms with Gasteiger partial charge in [-0.3, -0.25) is 9.35 Å². The molecule has 1 aliphatic carbocycles. The number of benzene rings is 2. The molecule has 136 valence electrons. The highest BCUT2D eigenvalue weighted by Crippen LogP contribution is 2.47. The van der Waals surface area contributed by atoms with Gasteiger partial charge >= 0.3 is 16.4 Å². The Kier molecular flexibility index (Phi) is 5.22. The molecule has 0 fully saturated rings. The van der Waals surface area contributed by atoms with Crippen molar-refractivity contribution >= 4 is 21.9 Å². The Hall–Kier alpha value is -2.48. The van der Waals surface area contributed by atoms with E-state index in [2.05, 4.69) is 0 Å². The highest BCUT2D eigenvalue weighted by molar-refractivity contribution is 7.80. The number of esters is 1. The van der Waals surface area contributed by atoms with E-state index in [0.717, 1.165) is 11.1 Å². The van der Waals surface area contributed by atoms with Gasteiger partial charge in [0.15, 0.2) is 0 Å². The van der Waals surface area contributed by atoms with E-state index in [1.54, 1.807) is 0 Å². The molecule has 1 N–H and O–H groups in total. The fourth-order valence-electron chi connectivity index (χ4n) is 3.24. The van der Waals surface area contributed by atoms with E-state index in [0.29, 0.717) is 5.57 Å². The van der Waals surface area contributed by atoms with Gasteiger partial charge in [0, 0.05) is 18.4 Å². The maximum atomic E-state index is 11.6. The summed E-state index contributed by atoms with van der Waals surface area (Å²) in [6.07, 6.45) is -0.870. The molecule has 0 amide bonds. The second-order valence-corrected chi connectivity index (χ2v) is 7.00. The molecular weight excluding hydrogens is 356 g/mol. The lowest BCUT2D eigenvalue weighted by molar-refractivity contribution is -0.138. The summed E-state index contributed by atoms with van der Waals surface area (Å²) in [4.78, 5) is 11.6. The smallest absolute Gasteiger partial charge is 0.398 e. The molecular formula is C19H18O6S. The van der Waals surface area contributed by atoms with Gasteiger partial charge in [-0.05, 0) is 17.5 Å². The van der Waals surface area contributed by atoms with Crippen LogP contribution in [-0.4, -0.2) is 25.0 Å². The lowest BCUT2D eigenvalue weighted by Crippen LogP contribution is -2.20. The van der Waals surface area contributed by atoms with Crippen LogP contribution in [0.1, 0.15) is 30.4 Å². The Balaban J connectivity index is 2.16. The number of carbonyl (C=O) groups is 1. The van der Waals surface area contributed by atoms with Crippen molar-refractivity contribution in [1.82, 2.24) is 0 Å². The summed E-state index contributed by atoms with van der Waals surface area (Å²) < 4.78 is 41.8. The lowest BCUT2D eigenvalue weighted by atomic mass is 9.88. The van der Waals surface area contributed by atoms with Crippen LogP contribution in [0.15, 0.2) is 66.4 Å². The molecule has 26 heavy (non-hydrogen) atoms. The molecule has 2 aromatic rings. The molecule has 0 radical (unpaired) electrons. The average molecular weight is 374 g/mol. The summed E-state index contributed by atoms with van der Waals surface area (Å²) in [5, 5.41) is 0. The Morgan fingerprint density at radius 2 is 1.62 bits per heavy atom. The third-order valence-corrected chi connectivity index (χ3v) is 4.61. The number of rotatable bonds is 5. The fraction of sp³-hybridized carbons (Fsp3) is 0.211. The Morgan fingerprint density at radius 3 is 2.15 bits per heavy atom. The zero-order chi connectivity index (χ0) is 18.7. The summed E-state index contributed by atoms with van der Waals surface area (Å²) in [6, 6.07) is 18.7. The Bertz CT molecular complexity index is 919. The first-order valence-corrected chi connectivity index (χ1v) is 9.40. The molecule has 2 unspecified atom stereocenters. The lowest BCUT2D eigenvalue weighted by Gasteiger charge is -2.16. The van der Waals surface area contributed by atoms with Crippen molar-refractivity contribution in [2.75, 3.05) is 0 Å². The zero-order valence-electron chi connectivity index (χ0n) is 14.0. The minimum Gasteiger partial charge on any atom is -0.428 e. The Labute approximate surface area is 152 Å². The molecule has 2 aromatic carbocycles. The molecule has 2 atom stereocenters. The first-order chi connectivity index (χ1) is 12.3. The maximum Gasteiger partial charge on any atom is 0.398 e. The van der Waals surface area contributed by atoms with Gasteiger partial charge in [0.1, 0.15) is 11.9 Å². The van der Waals surface area contributed by atoms with E-state index in [4.69, 9.17) is 13.5 Å². The number of hydrogen-bond acceptors (Lipinski definition) is 5. The van der Waals surface area contributed by atoms with E-state index in [1.165, 1.54) is 6.92 Å². The van der Waals surface area contributed by atoms with Crippen molar-refractivity contribution < 1.29 is 26.7 Å². The van der Waals surface area contributed by atoms with E-state index in [9.17, 15) is 13.2 Å². The van der Waals surface area contributed by atoms with Crippen LogP contribution in [0.25, 0.3) is 5.57 Å². The second kappa shape index (κ2) is 7.41. The van der Waals surface area contributed by atoms with Crippen molar-refractivity contribution in [3.63, 3.8) is 0 Å². The number of allylic oxidation sites excluding steroid dienone is 1. The van der Waals surface area contributed by atoms with Crippen LogP contribution in [0.2, 0.25) is 0 Å². The topological polar surface area (TPSA) is 89.9 Å². The minimum atomic E-state index is -4.71. The summed E-state index contributed by atoms with van der Waals surface area (Å²) >= 11 is 0. The van der Waals surface area contributed by atoms with Gasteiger partial charge in [-0.25, -0.2) is 4.18 Å². The summed E-state index contributed by atoms with van der Waals surface area (Å²) in [7, 11) is -4.71. The highest BCUT2D eigenvalue weighted by atomic mass is 32.3. The van der Waals surface area contributed by atoms with Crippen LogP contribution in [-0.2, 0) is 24.1 Å². The second-order valence-electron chi connectivity index (χ2n) is 5.95. The van der Waals surface area contributed by atoms with E-state index in [-0.39, 0.29) is 18.1 Å². The number of ether oxygens (including phenoxy) is 1. The average Bonchev–Trinajstić information content (AvgIpc) is 2.92. The largest absolute Gasteiger partial charge is 0.428 e. The van der Waals surface area contributed by atoms with Crippen LogP contribution in [0.4, 0.5) is 0 Å². The number of hydrogen-bond donors (Lipinski definition) is 1. The van der Waals surface area contributed by atoms with Crippen molar-refractivity contribution in [3.8, 4) is 0 Å². The maximum absolute atomic E-state index is 11.6. The quantitative estimate of drug-likeness (QED) is 0.638.